The molecule has 4 N–H and O–H groups in total. The predicted octanol–water partition coefficient (Wildman–Crippen LogP) is 1.74. The molecule has 0 radical (unpaired) electrons. The third-order valence-corrected chi connectivity index (χ3v) is 5.20. The van der Waals surface area contributed by atoms with Crippen LogP contribution in [0.2, 0.25) is 0 Å². The van der Waals surface area contributed by atoms with Crippen LogP contribution in [0.15, 0.2) is 34.2 Å². The molecule has 1 saturated carbocycles. The first-order valence-corrected chi connectivity index (χ1v) is 9.08. The van der Waals surface area contributed by atoms with Gasteiger partial charge in [0.1, 0.15) is 0 Å². The van der Waals surface area contributed by atoms with Gasteiger partial charge in [0.15, 0.2) is 5.96 Å². The summed E-state index contributed by atoms with van der Waals surface area (Å²) >= 11 is 0. The van der Waals surface area contributed by atoms with Gasteiger partial charge in [-0.2, -0.15) is 0 Å². The minimum Gasteiger partial charge on any atom is -0.370 e. The van der Waals surface area contributed by atoms with E-state index in [4.69, 9.17) is 5.73 Å². The normalized spacial score (nSPS) is 16.1. The Morgan fingerprint density at radius 2 is 1.87 bits per heavy atom. The van der Waals surface area contributed by atoms with Crippen molar-refractivity contribution in [2.75, 3.05) is 13.1 Å². The van der Waals surface area contributed by atoms with Gasteiger partial charge in [-0.25, -0.2) is 13.1 Å². The molecule has 1 aromatic rings. The van der Waals surface area contributed by atoms with Crippen molar-refractivity contribution in [3.63, 3.8) is 0 Å². The van der Waals surface area contributed by atoms with Gasteiger partial charge in [0.25, 0.3) is 0 Å². The molecule has 6 nitrogen and oxygen atoms in total. The van der Waals surface area contributed by atoms with Crippen molar-refractivity contribution in [2.24, 2.45) is 10.7 Å². The number of aliphatic imine (C=N–C) groups is 1. The Labute approximate surface area is 155 Å². The lowest BCUT2D eigenvalue weighted by Crippen LogP contribution is -2.39. The van der Waals surface area contributed by atoms with Crippen LogP contribution in [0.4, 0.5) is 0 Å². The lowest BCUT2D eigenvalue weighted by Gasteiger charge is -2.12. The molecule has 130 valence electrons. The molecule has 8 heteroatoms. The van der Waals surface area contributed by atoms with Gasteiger partial charge in [-0.3, -0.25) is 4.99 Å². The highest BCUT2D eigenvalue weighted by molar-refractivity contribution is 14.0. The van der Waals surface area contributed by atoms with E-state index in [-0.39, 0.29) is 35.4 Å². The largest absolute Gasteiger partial charge is 0.370 e. The predicted molar refractivity (Wildman–Crippen MR) is 104 cm³/mol. The molecule has 1 fully saturated rings. The van der Waals surface area contributed by atoms with Crippen LogP contribution in [-0.4, -0.2) is 33.5 Å². The SMILES string of the molecule is Cc1ccc(S(=O)(=O)NCCN=C(N)NC2CCCC2)cc1.I. The number of guanidine groups is 1. The number of hydrogen-bond acceptors (Lipinski definition) is 3. The van der Waals surface area contributed by atoms with Crippen molar-refractivity contribution in [3.8, 4) is 0 Å². The Morgan fingerprint density at radius 3 is 2.48 bits per heavy atom. The molecule has 0 heterocycles. The number of nitrogens with two attached hydrogens (primary N) is 1. The summed E-state index contributed by atoms with van der Waals surface area (Å²) in [6.45, 7) is 2.46. The highest BCUT2D eigenvalue weighted by Crippen LogP contribution is 2.17. The van der Waals surface area contributed by atoms with Crippen molar-refractivity contribution in [3.05, 3.63) is 29.8 Å². The number of benzene rings is 1. The molecule has 23 heavy (non-hydrogen) atoms. The molecule has 0 amide bonds. The zero-order chi connectivity index (χ0) is 16.0. The van der Waals surface area contributed by atoms with E-state index in [0.29, 0.717) is 18.5 Å². The fourth-order valence-electron chi connectivity index (χ4n) is 2.48. The minimum atomic E-state index is -3.48. The molecule has 2 rings (SSSR count). The van der Waals surface area contributed by atoms with E-state index in [1.54, 1.807) is 24.3 Å². The van der Waals surface area contributed by atoms with Gasteiger partial charge in [0.2, 0.25) is 10.0 Å². The molecule has 0 spiro atoms. The summed E-state index contributed by atoms with van der Waals surface area (Å²) in [5.41, 5.74) is 6.82. The Morgan fingerprint density at radius 1 is 1.26 bits per heavy atom. The van der Waals surface area contributed by atoms with Crippen LogP contribution in [0.1, 0.15) is 31.2 Å². The third-order valence-electron chi connectivity index (χ3n) is 3.72. The van der Waals surface area contributed by atoms with Gasteiger partial charge in [-0.15, -0.1) is 24.0 Å². The first-order chi connectivity index (χ1) is 10.5. The smallest absolute Gasteiger partial charge is 0.240 e. The number of nitrogens with zero attached hydrogens (tertiary/aromatic N) is 1. The second kappa shape index (κ2) is 9.43. The minimum absolute atomic E-state index is 0. The van der Waals surface area contributed by atoms with Gasteiger partial charge in [-0.1, -0.05) is 30.5 Å². The Hall–Kier alpha value is -0.870. The monoisotopic (exact) mass is 452 g/mol. The Kier molecular flexibility index (Phi) is 8.27. The van der Waals surface area contributed by atoms with Crippen LogP contribution in [0.3, 0.4) is 0 Å². The van der Waals surface area contributed by atoms with Gasteiger partial charge < -0.3 is 11.1 Å². The maximum absolute atomic E-state index is 12.1. The first kappa shape index (κ1) is 20.2. The van der Waals surface area contributed by atoms with Crippen molar-refractivity contribution >= 4 is 40.0 Å². The van der Waals surface area contributed by atoms with E-state index in [0.717, 1.165) is 18.4 Å². The Balaban J connectivity index is 0.00000264. The van der Waals surface area contributed by atoms with Crippen molar-refractivity contribution < 1.29 is 8.42 Å². The number of halogens is 1. The summed E-state index contributed by atoms with van der Waals surface area (Å²) in [4.78, 5) is 4.42. The zero-order valence-corrected chi connectivity index (χ0v) is 16.4. The maximum Gasteiger partial charge on any atom is 0.240 e. The quantitative estimate of drug-likeness (QED) is 0.265. The van der Waals surface area contributed by atoms with Crippen molar-refractivity contribution in [2.45, 2.75) is 43.5 Å². The number of nitrogens with one attached hydrogen (secondary N) is 2. The number of rotatable bonds is 6. The maximum atomic E-state index is 12.1. The van der Waals surface area contributed by atoms with E-state index < -0.39 is 10.0 Å². The highest BCUT2D eigenvalue weighted by Gasteiger charge is 2.15. The second-order valence-corrected chi connectivity index (χ2v) is 7.37. The van der Waals surface area contributed by atoms with Crippen LogP contribution in [0.5, 0.6) is 0 Å². The van der Waals surface area contributed by atoms with E-state index in [1.807, 2.05) is 6.92 Å². The molecule has 1 aliphatic rings. The van der Waals surface area contributed by atoms with Crippen LogP contribution in [-0.2, 0) is 10.0 Å². The number of hydrogen-bond donors (Lipinski definition) is 3. The number of sulfonamides is 1. The molecular weight excluding hydrogens is 427 g/mol. The standard InChI is InChI=1S/C15H24N4O2S.HI/c1-12-6-8-14(9-7-12)22(20,21)18-11-10-17-15(16)19-13-4-2-3-5-13;/h6-9,13,18H,2-5,10-11H2,1H3,(H3,16,17,19);1H. The average Bonchev–Trinajstić information content (AvgIpc) is 2.97. The first-order valence-electron chi connectivity index (χ1n) is 7.60. The fraction of sp³-hybridized carbons (Fsp3) is 0.533. The topological polar surface area (TPSA) is 96.6 Å². The summed E-state index contributed by atoms with van der Waals surface area (Å²) in [5.74, 6) is 0.390. The lowest BCUT2D eigenvalue weighted by molar-refractivity contribution is 0.581. The van der Waals surface area contributed by atoms with Crippen molar-refractivity contribution in [1.82, 2.24) is 10.0 Å². The van der Waals surface area contributed by atoms with E-state index in [2.05, 4.69) is 15.0 Å². The van der Waals surface area contributed by atoms with Gasteiger partial charge in [-0.05, 0) is 31.9 Å². The molecule has 0 aliphatic heterocycles. The number of aryl methyl sites for hydroxylation is 1. The lowest BCUT2D eigenvalue weighted by atomic mass is 10.2. The summed E-state index contributed by atoms with van der Waals surface area (Å²) in [7, 11) is -3.48. The molecule has 0 atom stereocenters. The van der Waals surface area contributed by atoms with Gasteiger partial charge >= 0.3 is 0 Å². The molecule has 0 saturated heterocycles. The van der Waals surface area contributed by atoms with Gasteiger partial charge in [0, 0.05) is 12.6 Å². The van der Waals surface area contributed by atoms with Crippen LogP contribution in [0, 0.1) is 6.92 Å². The van der Waals surface area contributed by atoms with Crippen LogP contribution < -0.4 is 15.8 Å². The molecule has 0 bridgehead atoms. The molecule has 0 aromatic heterocycles. The van der Waals surface area contributed by atoms with Crippen molar-refractivity contribution in [1.29, 1.82) is 0 Å². The van der Waals surface area contributed by atoms with Gasteiger partial charge in [0.05, 0.1) is 11.4 Å². The van der Waals surface area contributed by atoms with E-state index in [1.165, 1.54) is 12.8 Å². The molecule has 0 unspecified atom stereocenters. The highest BCUT2D eigenvalue weighted by atomic mass is 127. The summed E-state index contributed by atoms with van der Waals surface area (Å²) in [5, 5.41) is 3.16. The molecule has 1 aliphatic carbocycles. The summed E-state index contributed by atoms with van der Waals surface area (Å²) in [6.07, 6.45) is 4.69. The Bertz CT molecular complexity index is 611. The van der Waals surface area contributed by atoms with Crippen LogP contribution >= 0.6 is 24.0 Å². The second-order valence-electron chi connectivity index (χ2n) is 5.60. The van der Waals surface area contributed by atoms with Crippen LogP contribution in [0.25, 0.3) is 0 Å². The fourth-order valence-corrected chi connectivity index (χ4v) is 3.50. The summed E-state index contributed by atoms with van der Waals surface area (Å²) in [6, 6.07) is 7.15. The third kappa shape index (κ3) is 6.64. The molecule has 1 aromatic carbocycles. The zero-order valence-electron chi connectivity index (χ0n) is 13.3. The van der Waals surface area contributed by atoms with E-state index >= 15 is 0 Å². The van der Waals surface area contributed by atoms with E-state index in [9.17, 15) is 8.42 Å². The average molecular weight is 452 g/mol. The molecular formula is C15H25IN4O2S. The summed E-state index contributed by atoms with van der Waals surface area (Å²) < 4.78 is 26.6.